The molecule has 7 nitrogen and oxygen atoms in total. The van der Waals surface area contributed by atoms with Crippen molar-refractivity contribution in [2.75, 3.05) is 5.75 Å². The van der Waals surface area contributed by atoms with Gasteiger partial charge in [-0.15, -0.1) is 0 Å². The number of fused-ring (bicyclic) bond motifs is 1. The molecule has 9 heteroatoms. The minimum absolute atomic E-state index is 0.00558. The van der Waals surface area contributed by atoms with Gasteiger partial charge in [-0.1, -0.05) is 31.5 Å². The molecule has 0 spiro atoms. The Kier molecular flexibility index (Phi) is 5.59. The second-order valence-corrected chi connectivity index (χ2v) is 9.38. The third-order valence-electron chi connectivity index (χ3n) is 4.93. The Bertz CT molecular complexity index is 923. The number of nitrogens with one attached hydrogen (secondary N) is 1. The zero-order chi connectivity index (χ0) is 18.9. The van der Waals surface area contributed by atoms with Gasteiger partial charge >= 0.3 is 0 Å². The van der Waals surface area contributed by atoms with Gasteiger partial charge in [0.25, 0.3) is 0 Å². The van der Waals surface area contributed by atoms with Crippen LogP contribution in [0.2, 0.25) is 0 Å². The number of hydrogen-bond donors (Lipinski definition) is 2. The minimum atomic E-state index is -3.77. The van der Waals surface area contributed by atoms with Crippen molar-refractivity contribution < 1.29 is 13.2 Å². The molecule has 1 heterocycles. The number of nitrogens with two attached hydrogens (primary N) is 1. The second kappa shape index (κ2) is 7.58. The van der Waals surface area contributed by atoms with E-state index in [1.807, 2.05) is 11.6 Å². The van der Waals surface area contributed by atoms with Gasteiger partial charge in [0, 0.05) is 13.1 Å². The summed E-state index contributed by atoms with van der Waals surface area (Å²) in [5.41, 5.74) is 1.34. The van der Waals surface area contributed by atoms with E-state index in [2.05, 4.69) is 17.2 Å². The smallest absolute Gasteiger partial charge is 0.238 e. The van der Waals surface area contributed by atoms with Gasteiger partial charge in [-0.2, -0.15) is 0 Å². The molecule has 2 aromatic rings. The van der Waals surface area contributed by atoms with E-state index < -0.39 is 10.0 Å². The number of benzene rings is 1. The van der Waals surface area contributed by atoms with Crippen molar-refractivity contribution in [3.63, 3.8) is 0 Å². The van der Waals surface area contributed by atoms with Crippen LogP contribution in [-0.4, -0.2) is 35.7 Å². The first kappa shape index (κ1) is 19.2. The molecule has 0 saturated heterocycles. The van der Waals surface area contributed by atoms with Crippen LogP contribution in [0.15, 0.2) is 28.3 Å². The van der Waals surface area contributed by atoms with E-state index in [9.17, 15) is 13.2 Å². The Morgan fingerprint density at radius 2 is 2.12 bits per heavy atom. The van der Waals surface area contributed by atoms with Crippen molar-refractivity contribution in [2.45, 2.75) is 48.7 Å². The summed E-state index contributed by atoms with van der Waals surface area (Å²) in [6.07, 6.45) is 4.61. The summed E-state index contributed by atoms with van der Waals surface area (Å²) < 4.78 is 24.8. The molecule has 0 aliphatic heterocycles. The van der Waals surface area contributed by atoms with Gasteiger partial charge in [0.15, 0.2) is 5.16 Å². The van der Waals surface area contributed by atoms with Crippen molar-refractivity contribution >= 4 is 38.7 Å². The Morgan fingerprint density at radius 3 is 2.81 bits per heavy atom. The molecule has 1 aliphatic rings. The Morgan fingerprint density at radius 1 is 1.38 bits per heavy atom. The van der Waals surface area contributed by atoms with Crippen LogP contribution < -0.4 is 10.5 Å². The number of sulfonamides is 1. The van der Waals surface area contributed by atoms with E-state index in [4.69, 9.17) is 5.14 Å². The summed E-state index contributed by atoms with van der Waals surface area (Å²) in [5, 5.41) is 8.96. The highest BCUT2D eigenvalue weighted by atomic mass is 32.2. The summed E-state index contributed by atoms with van der Waals surface area (Å²) in [6, 6.07) is 4.86. The molecule has 3 rings (SSSR count). The molecule has 2 atom stereocenters. The summed E-state index contributed by atoms with van der Waals surface area (Å²) in [7, 11) is -1.92. The van der Waals surface area contributed by atoms with E-state index in [0.29, 0.717) is 16.6 Å². The van der Waals surface area contributed by atoms with E-state index in [-0.39, 0.29) is 22.6 Å². The summed E-state index contributed by atoms with van der Waals surface area (Å²) >= 11 is 1.34. The number of primary sulfonamides is 1. The van der Waals surface area contributed by atoms with Crippen LogP contribution >= 0.6 is 11.8 Å². The molecule has 0 radical (unpaired) electrons. The van der Waals surface area contributed by atoms with Crippen LogP contribution in [0.25, 0.3) is 11.0 Å². The number of carbonyl (C=O) groups excluding carboxylic acids is 1. The fourth-order valence-corrected chi connectivity index (χ4v) is 4.70. The van der Waals surface area contributed by atoms with Gasteiger partial charge in [-0.25, -0.2) is 18.5 Å². The molecule has 1 amide bonds. The summed E-state index contributed by atoms with van der Waals surface area (Å²) in [5.74, 6) is 0.804. The highest BCUT2D eigenvalue weighted by molar-refractivity contribution is 7.99. The van der Waals surface area contributed by atoms with Crippen molar-refractivity contribution in [1.82, 2.24) is 14.9 Å². The van der Waals surface area contributed by atoms with E-state index in [0.717, 1.165) is 18.4 Å². The van der Waals surface area contributed by atoms with Crippen molar-refractivity contribution in [3.05, 3.63) is 18.2 Å². The van der Waals surface area contributed by atoms with Crippen LogP contribution in [0, 0.1) is 5.92 Å². The monoisotopic (exact) mass is 396 g/mol. The second-order valence-electron chi connectivity index (χ2n) is 6.87. The van der Waals surface area contributed by atoms with Crippen LogP contribution in [0.4, 0.5) is 0 Å². The lowest BCUT2D eigenvalue weighted by molar-refractivity contribution is -0.119. The third kappa shape index (κ3) is 4.21. The Hall–Kier alpha value is -1.58. The lowest BCUT2D eigenvalue weighted by Gasteiger charge is -2.29. The molecule has 0 unspecified atom stereocenters. The average Bonchev–Trinajstić information content (AvgIpc) is 2.90. The highest BCUT2D eigenvalue weighted by Gasteiger charge is 2.23. The fraction of sp³-hybridized carbons (Fsp3) is 0.529. The van der Waals surface area contributed by atoms with Crippen molar-refractivity contribution in [1.29, 1.82) is 0 Å². The number of hydrogen-bond acceptors (Lipinski definition) is 5. The Labute approximate surface area is 157 Å². The normalized spacial score (nSPS) is 21.0. The fourth-order valence-electron chi connectivity index (χ4n) is 3.37. The predicted molar refractivity (Wildman–Crippen MR) is 102 cm³/mol. The van der Waals surface area contributed by atoms with Gasteiger partial charge in [-0.3, -0.25) is 4.79 Å². The Balaban J connectivity index is 1.68. The van der Waals surface area contributed by atoms with Crippen LogP contribution in [-0.2, 0) is 21.9 Å². The molecular weight excluding hydrogens is 372 g/mol. The first-order valence-corrected chi connectivity index (χ1v) is 11.2. The van der Waals surface area contributed by atoms with Gasteiger partial charge in [0.05, 0.1) is 21.7 Å². The predicted octanol–water partition coefficient (Wildman–Crippen LogP) is 2.01. The SMILES string of the molecule is C[C@H]1CCCC[C@H]1NC(=O)CSc1nc2cc(S(N)(=O)=O)ccc2n1C. The molecule has 0 bridgehead atoms. The van der Waals surface area contributed by atoms with Gasteiger partial charge in [0.1, 0.15) is 0 Å². The molecule has 26 heavy (non-hydrogen) atoms. The van der Waals surface area contributed by atoms with Gasteiger partial charge < -0.3 is 9.88 Å². The molecule has 3 N–H and O–H groups in total. The lowest BCUT2D eigenvalue weighted by Crippen LogP contribution is -2.41. The summed E-state index contributed by atoms with van der Waals surface area (Å²) in [6.45, 7) is 2.19. The summed E-state index contributed by atoms with van der Waals surface area (Å²) in [4.78, 5) is 16.8. The first-order valence-electron chi connectivity index (χ1n) is 8.67. The van der Waals surface area contributed by atoms with Crippen LogP contribution in [0.1, 0.15) is 32.6 Å². The zero-order valence-electron chi connectivity index (χ0n) is 14.9. The topological polar surface area (TPSA) is 107 Å². The molecule has 1 fully saturated rings. The number of aromatic nitrogens is 2. The maximum atomic E-state index is 12.3. The van der Waals surface area contributed by atoms with E-state index >= 15 is 0 Å². The zero-order valence-corrected chi connectivity index (χ0v) is 16.6. The van der Waals surface area contributed by atoms with Crippen molar-refractivity contribution in [2.24, 2.45) is 18.1 Å². The number of carbonyl (C=O) groups is 1. The quantitative estimate of drug-likeness (QED) is 0.752. The highest BCUT2D eigenvalue weighted by Crippen LogP contribution is 2.26. The molecule has 1 aliphatic carbocycles. The molecular formula is C17H24N4O3S2. The third-order valence-corrected chi connectivity index (χ3v) is 6.87. The van der Waals surface area contributed by atoms with Gasteiger partial charge in [-0.05, 0) is 37.0 Å². The van der Waals surface area contributed by atoms with E-state index in [1.54, 1.807) is 6.07 Å². The molecule has 1 saturated carbocycles. The number of amides is 1. The number of rotatable bonds is 5. The van der Waals surface area contributed by atoms with E-state index in [1.165, 1.54) is 36.7 Å². The van der Waals surface area contributed by atoms with Crippen molar-refractivity contribution in [3.8, 4) is 0 Å². The maximum absolute atomic E-state index is 12.3. The maximum Gasteiger partial charge on any atom is 0.238 e. The molecule has 1 aromatic carbocycles. The number of nitrogens with zero attached hydrogens (tertiary/aromatic N) is 2. The number of imidazole rings is 1. The van der Waals surface area contributed by atoms with Crippen LogP contribution in [0.3, 0.4) is 0 Å². The first-order chi connectivity index (χ1) is 12.3. The lowest BCUT2D eigenvalue weighted by atomic mass is 9.86. The standard InChI is InChI=1S/C17H24N4O3S2/c1-11-5-3-4-6-13(11)19-16(22)10-25-17-20-14-9-12(26(18,23)24)7-8-15(14)21(17)2/h7-9,11,13H,3-6,10H2,1-2H3,(H,19,22)(H2,18,23,24)/t11-,13+/m0/s1. The molecule has 1 aromatic heterocycles. The minimum Gasteiger partial charge on any atom is -0.352 e. The number of thioether (sulfide) groups is 1. The van der Waals surface area contributed by atoms with Gasteiger partial charge in [0.2, 0.25) is 15.9 Å². The van der Waals surface area contributed by atoms with Crippen LogP contribution in [0.5, 0.6) is 0 Å². The number of aryl methyl sites for hydroxylation is 1. The average molecular weight is 397 g/mol. The largest absolute Gasteiger partial charge is 0.352 e. The molecule has 142 valence electrons.